The molecule has 1 aliphatic heterocycles. The van der Waals surface area contributed by atoms with Crippen molar-refractivity contribution in [1.29, 1.82) is 5.26 Å². The average molecular weight is 322 g/mol. The van der Waals surface area contributed by atoms with Crippen LogP contribution < -0.4 is 14.2 Å². The van der Waals surface area contributed by atoms with E-state index in [1.54, 1.807) is 27.4 Å². The first-order valence-electron chi connectivity index (χ1n) is 7.60. The number of rotatable bonds is 4. The number of fused-ring (bicyclic) bond motifs is 1. The zero-order chi connectivity index (χ0) is 17.1. The van der Waals surface area contributed by atoms with E-state index in [0.29, 0.717) is 29.4 Å². The third-order valence-electron chi connectivity index (χ3n) is 4.12. The van der Waals surface area contributed by atoms with E-state index in [-0.39, 0.29) is 0 Å². The monoisotopic (exact) mass is 322 g/mol. The second kappa shape index (κ2) is 6.63. The van der Waals surface area contributed by atoms with Gasteiger partial charge in [-0.25, -0.2) is 0 Å². The van der Waals surface area contributed by atoms with Crippen molar-refractivity contribution >= 4 is 5.71 Å². The molecule has 5 heteroatoms. The van der Waals surface area contributed by atoms with E-state index in [4.69, 9.17) is 14.2 Å². The fraction of sp³-hybridized carbons (Fsp3) is 0.263. The van der Waals surface area contributed by atoms with Gasteiger partial charge >= 0.3 is 0 Å². The molecule has 5 nitrogen and oxygen atoms in total. The molecule has 0 saturated carbocycles. The molecule has 0 radical (unpaired) electrons. The highest BCUT2D eigenvalue weighted by Gasteiger charge is 2.21. The molecule has 0 saturated heterocycles. The second-order valence-electron chi connectivity index (χ2n) is 5.37. The number of ether oxygens (including phenoxy) is 3. The van der Waals surface area contributed by atoms with Gasteiger partial charge in [0.1, 0.15) is 5.75 Å². The fourth-order valence-corrected chi connectivity index (χ4v) is 2.90. The number of hydrogen-bond acceptors (Lipinski definition) is 5. The van der Waals surface area contributed by atoms with Crippen LogP contribution in [0, 0.1) is 11.3 Å². The Balaban J connectivity index is 2.16. The van der Waals surface area contributed by atoms with Crippen molar-refractivity contribution in [1.82, 2.24) is 0 Å². The Morgan fingerprint density at radius 1 is 0.958 bits per heavy atom. The minimum Gasteiger partial charge on any atom is -0.497 e. The van der Waals surface area contributed by atoms with Crippen molar-refractivity contribution in [3.63, 3.8) is 0 Å². The lowest BCUT2D eigenvalue weighted by Crippen LogP contribution is -2.16. The molecular weight excluding hydrogens is 304 g/mol. The SMILES string of the molecule is COc1ccc(C2=NCCc3cc(OC)c(OC)cc32)c(C#N)c1. The molecule has 0 bridgehead atoms. The van der Waals surface area contributed by atoms with Gasteiger partial charge in [0.2, 0.25) is 0 Å². The second-order valence-corrected chi connectivity index (χ2v) is 5.37. The predicted octanol–water partition coefficient (Wildman–Crippen LogP) is 2.98. The number of aliphatic imine (C=N–C) groups is 1. The molecule has 122 valence electrons. The van der Waals surface area contributed by atoms with Crippen LogP contribution in [0.2, 0.25) is 0 Å². The molecule has 3 rings (SSSR count). The summed E-state index contributed by atoms with van der Waals surface area (Å²) in [5.74, 6) is 2.00. The predicted molar refractivity (Wildman–Crippen MR) is 91.5 cm³/mol. The topological polar surface area (TPSA) is 63.8 Å². The summed E-state index contributed by atoms with van der Waals surface area (Å²) in [6.45, 7) is 0.675. The van der Waals surface area contributed by atoms with E-state index >= 15 is 0 Å². The van der Waals surface area contributed by atoms with E-state index in [1.807, 2.05) is 24.3 Å². The summed E-state index contributed by atoms with van der Waals surface area (Å²) in [5.41, 5.74) is 4.25. The first-order chi connectivity index (χ1) is 11.7. The molecular formula is C19H18N2O3. The lowest BCUT2D eigenvalue weighted by molar-refractivity contribution is 0.354. The summed E-state index contributed by atoms with van der Waals surface area (Å²) in [7, 11) is 4.82. The molecule has 0 amide bonds. The van der Waals surface area contributed by atoms with E-state index < -0.39 is 0 Å². The molecule has 2 aromatic carbocycles. The maximum Gasteiger partial charge on any atom is 0.161 e. The summed E-state index contributed by atoms with van der Waals surface area (Å²) >= 11 is 0. The van der Waals surface area contributed by atoms with Gasteiger partial charge in [-0.2, -0.15) is 5.26 Å². The zero-order valence-corrected chi connectivity index (χ0v) is 13.9. The molecule has 0 fully saturated rings. The van der Waals surface area contributed by atoms with Crippen LogP contribution in [0.3, 0.4) is 0 Å². The Morgan fingerprint density at radius 2 is 1.71 bits per heavy atom. The van der Waals surface area contributed by atoms with Gasteiger partial charge in [0.05, 0.1) is 38.7 Å². The average Bonchev–Trinajstić information content (AvgIpc) is 2.65. The summed E-state index contributed by atoms with van der Waals surface area (Å²) in [6.07, 6.45) is 0.831. The number of methoxy groups -OCH3 is 3. The van der Waals surface area contributed by atoms with E-state index in [1.165, 1.54) is 0 Å². The van der Waals surface area contributed by atoms with Crippen molar-refractivity contribution in [3.8, 4) is 23.3 Å². The Kier molecular flexibility index (Phi) is 4.39. The Hall–Kier alpha value is -3.00. The highest BCUT2D eigenvalue weighted by atomic mass is 16.5. The van der Waals surface area contributed by atoms with Gasteiger partial charge in [-0.1, -0.05) is 0 Å². The van der Waals surface area contributed by atoms with Gasteiger partial charge in [-0.15, -0.1) is 0 Å². The Labute approximate surface area is 141 Å². The fourth-order valence-electron chi connectivity index (χ4n) is 2.90. The van der Waals surface area contributed by atoms with Gasteiger partial charge in [0.25, 0.3) is 0 Å². The zero-order valence-electron chi connectivity index (χ0n) is 13.9. The first-order valence-corrected chi connectivity index (χ1v) is 7.60. The summed E-state index contributed by atoms with van der Waals surface area (Å²) < 4.78 is 16.0. The molecule has 0 unspecified atom stereocenters. The molecule has 1 heterocycles. The van der Waals surface area contributed by atoms with Crippen molar-refractivity contribution in [2.75, 3.05) is 27.9 Å². The Morgan fingerprint density at radius 3 is 2.38 bits per heavy atom. The summed E-state index contributed by atoms with van der Waals surface area (Å²) in [6, 6.07) is 11.6. The van der Waals surface area contributed by atoms with Crippen molar-refractivity contribution < 1.29 is 14.2 Å². The third-order valence-corrected chi connectivity index (χ3v) is 4.12. The maximum absolute atomic E-state index is 9.49. The van der Waals surface area contributed by atoms with Gasteiger partial charge < -0.3 is 14.2 Å². The van der Waals surface area contributed by atoms with Gasteiger partial charge in [-0.05, 0) is 42.3 Å². The standard InChI is InChI=1S/C19H18N2O3/c1-22-14-4-5-15(13(8-14)11-20)19-16-10-18(24-3)17(23-2)9-12(16)6-7-21-19/h4-5,8-10H,6-7H2,1-3H3. The molecule has 0 N–H and O–H groups in total. The largest absolute Gasteiger partial charge is 0.497 e. The van der Waals surface area contributed by atoms with Crippen LogP contribution in [0.4, 0.5) is 0 Å². The normalized spacial score (nSPS) is 12.7. The molecule has 1 aliphatic rings. The van der Waals surface area contributed by atoms with Crippen molar-refractivity contribution in [2.45, 2.75) is 6.42 Å². The molecule has 0 aliphatic carbocycles. The van der Waals surface area contributed by atoms with Crippen molar-refractivity contribution in [2.24, 2.45) is 4.99 Å². The van der Waals surface area contributed by atoms with Crippen molar-refractivity contribution in [3.05, 3.63) is 52.6 Å². The van der Waals surface area contributed by atoms with Gasteiger partial charge in [0, 0.05) is 17.7 Å². The highest BCUT2D eigenvalue weighted by Crippen LogP contribution is 2.34. The first kappa shape index (κ1) is 15.9. The van der Waals surface area contributed by atoms with Crippen LogP contribution in [0.5, 0.6) is 17.2 Å². The third kappa shape index (κ3) is 2.67. The molecule has 0 aromatic heterocycles. The van der Waals surface area contributed by atoms with E-state index in [0.717, 1.165) is 28.8 Å². The molecule has 0 atom stereocenters. The minimum absolute atomic E-state index is 0.538. The Bertz CT molecular complexity index is 850. The molecule has 0 spiro atoms. The van der Waals surface area contributed by atoms with Gasteiger partial charge in [0.15, 0.2) is 11.5 Å². The van der Waals surface area contributed by atoms with Crippen LogP contribution in [-0.2, 0) is 6.42 Å². The highest BCUT2D eigenvalue weighted by molar-refractivity contribution is 6.16. The maximum atomic E-state index is 9.49. The molecule has 24 heavy (non-hydrogen) atoms. The lowest BCUT2D eigenvalue weighted by Gasteiger charge is -2.20. The van der Waals surface area contributed by atoms with Gasteiger partial charge in [-0.3, -0.25) is 4.99 Å². The number of nitriles is 1. The quantitative estimate of drug-likeness (QED) is 0.868. The lowest BCUT2D eigenvalue weighted by atomic mass is 9.90. The smallest absolute Gasteiger partial charge is 0.161 e. The minimum atomic E-state index is 0.538. The van der Waals surface area contributed by atoms with Crippen LogP contribution in [-0.4, -0.2) is 33.6 Å². The van der Waals surface area contributed by atoms with E-state index in [2.05, 4.69) is 11.1 Å². The van der Waals surface area contributed by atoms with Crippen LogP contribution >= 0.6 is 0 Å². The summed E-state index contributed by atoms with van der Waals surface area (Å²) in [4.78, 5) is 4.66. The van der Waals surface area contributed by atoms with Crippen LogP contribution in [0.1, 0.15) is 22.3 Å². The number of hydrogen-bond donors (Lipinski definition) is 0. The number of nitrogens with zero attached hydrogens (tertiary/aromatic N) is 2. The molecule has 2 aromatic rings. The summed E-state index contributed by atoms with van der Waals surface area (Å²) in [5, 5.41) is 9.49. The van der Waals surface area contributed by atoms with Crippen LogP contribution in [0.15, 0.2) is 35.3 Å². The van der Waals surface area contributed by atoms with Crippen LogP contribution in [0.25, 0.3) is 0 Å². The number of benzene rings is 2. The van der Waals surface area contributed by atoms with E-state index in [9.17, 15) is 5.26 Å².